The van der Waals surface area contributed by atoms with Gasteiger partial charge in [-0.05, 0) is 0 Å². The van der Waals surface area contributed by atoms with Gasteiger partial charge < -0.3 is 39.7 Å². The minimum absolute atomic E-state index is 0.125. The normalized spacial score (nSPS) is 51.1. The van der Waals surface area contributed by atoms with E-state index >= 15 is 0 Å². The molecule has 0 bridgehead atoms. The first-order valence-corrected chi connectivity index (χ1v) is 8.42. The molecule has 0 aromatic rings. The van der Waals surface area contributed by atoms with Gasteiger partial charge in [0.25, 0.3) is 0 Å². The lowest BCUT2D eigenvalue weighted by atomic mass is 10.0. The fourth-order valence-corrected chi connectivity index (χ4v) is 3.37. The number of aliphatic hydroxyl groups excluding tert-OH is 5. The van der Waals surface area contributed by atoms with Crippen molar-refractivity contribution in [3.63, 3.8) is 0 Å². The monoisotopic (exact) mass is 396 g/mol. The maximum absolute atomic E-state index is 10.1. The zero-order chi connectivity index (χ0) is 17.4. The SMILES string of the molecule is OCC1O[C@H](O[C@@]2(CCl)O[C@H](CCl)C(O)[C@H]2O)C(O)[C@@H](O)[C@H]1Cl. The fraction of sp³-hybridized carbons (Fsp3) is 1.00. The molecule has 3 unspecified atom stereocenters. The van der Waals surface area contributed by atoms with Crippen molar-refractivity contribution in [1.82, 2.24) is 0 Å². The highest BCUT2D eigenvalue weighted by atomic mass is 35.5. The lowest BCUT2D eigenvalue weighted by Gasteiger charge is -2.43. The largest absolute Gasteiger partial charge is 0.394 e. The minimum Gasteiger partial charge on any atom is -0.394 e. The molecule has 0 aromatic carbocycles. The van der Waals surface area contributed by atoms with E-state index in [4.69, 9.17) is 49.0 Å². The van der Waals surface area contributed by atoms with Crippen molar-refractivity contribution in [2.24, 2.45) is 0 Å². The van der Waals surface area contributed by atoms with E-state index in [9.17, 15) is 25.5 Å². The second-order valence-electron chi connectivity index (χ2n) is 5.46. The Bertz CT molecular complexity index is 403. The van der Waals surface area contributed by atoms with Gasteiger partial charge in [0, 0.05) is 0 Å². The van der Waals surface area contributed by atoms with E-state index in [0.717, 1.165) is 0 Å². The molecule has 0 aromatic heterocycles. The summed E-state index contributed by atoms with van der Waals surface area (Å²) in [6, 6.07) is 0. The van der Waals surface area contributed by atoms with Crippen LogP contribution in [-0.2, 0) is 14.2 Å². The Morgan fingerprint density at radius 2 is 1.65 bits per heavy atom. The summed E-state index contributed by atoms with van der Waals surface area (Å²) in [5.74, 6) is -2.43. The predicted molar refractivity (Wildman–Crippen MR) is 79.5 cm³/mol. The van der Waals surface area contributed by atoms with E-state index in [1.807, 2.05) is 0 Å². The molecule has 23 heavy (non-hydrogen) atoms. The first kappa shape index (κ1) is 19.9. The third-order valence-corrected chi connectivity index (χ3v) is 5.17. The first-order chi connectivity index (χ1) is 10.8. The van der Waals surface area contributed by atoms with Gasteiger partial charge in [0.15, 0.2) is 6.29 Å². The molecule has 2 aliphatic rings. The lowest BCUT2D eigenvalue weighted by Crippen LogP contribution is -2.61. The quantitative estimate of drug-likeness (QED) is 0.349. The van der Waals surface area contributed by atoms with E-state index in [1.54, 1.807) is 0 Å². The minimum atomic E-state index is -1.90. The van der Waals surface area contributed by atoms with Crippen LogP contribution in [0.1, 0.15) is 0 Å². The number of rotatable bonds is 5. The van der Waals surface area contributed by atoms with Gasteiger partial charge >= 0.3 is 0 Å². The lowest BCUT2D eigenvalue weighted by molar-refractivity contribution is -0.357. The molecule has 8 nitrogen and oxygen atoms in total. The molecule has 5 N–H and O–H groups in total. The molecule has 9 atom stereocenters. The highest BCUT2D eigenvalue weighted by Gasteiger charge is 2.58. The van der Waals surface area contributed by atoms with Crippen LogP contribution < -0.4 is 0 Å². The summed E-state index contributed by atoms with van der Waals surface area (Å²) in [5, 5.41) is 48.1. The smallest absolute Gasteiger partial charge is 0.214 e. The van der Waals surface area contributed by atoms with E-state index in [2.05, 4.69) is 0 Å². The molecule has 0 radical (unpaired) electrons. The van der Waals surface area contributed by atoms with Crippen LogP contribution in [0.15, 0.2) is 0 Å². The molecule has 136 valence electrons. The molecular formula is C12H19Cl3O8. The Kier molecular flexibility index (Phi) is 6.77. The number of alkyl halides is 3. The summed E-state index contributed by atoms with van der Waals surface area (Å²) >= 11 is 17.3. The van der Waals surface area contributed by atoms with Gasteiger partial charge in [0.1, 0.15) is 36.6 Å². The van der Waals surface area contributed by atoms with Crippen molar-refractivity contribution in [3.8, 4) is 0 Å². The summed E-state index contributed by atoms with van der Waals surface area (Å²) in [5.41, 5.74) is 0. The van der Waals surface area contributed by atoms with Gasteiger partial charge in [-0.2, -0.15) is 0 Å². The van der Waals surface area contributed by atoms with Gasteiger partial charge in [-0.25, -0.2) is 0 Å². The fourth-order valence-electron chi connectivity index (χ4n) is 2.56. The molecule has 0 saturated carbocycles. The summed E-state index contributed by atoms with van der Waals surface area (Å²) in [6.45, 7) is -0.526. The van der Waals surface area contributed by atoms with Crippen molar-refractivity contribution >= 4 is 34.8 Å². The highest BCUT2D eigenvalue weighted by molar-refractivity contribution is 6.21. The molecular weight excluding hydrogens is 378 g/mol. The van der Waals surface area contributed by atoms with E-state index in [0.29, 0.717) is 0 Å². The van der Waals surface area contributed by atoms with Gasteiger partial charge in [0.05, 0.1) is 23.7 Å². The number of aliphatic hydroxyl groups is 5. The van der Waals surface area contributed by atoms with Crippen molar-refractivity contribution in [2.75, 3.05) is 18.4 Å². The van der Waals surface area contributed by atoms with Crippen LogP contribution in [0.25, 0.3) is 0 Å². The standard InChI is InChI=1S/C12H19Cl3O8/c13-1-4-7(17)10(20)12(3-14,22-4)23-11-9(19)8(18)6(15)5(2-16)21-11/h4-11,16-20H,1-3H2/t4-,5?,6+,7?,8+,9?,10-,11-,12-/m1/s1. The van der Waals surface area contributed by atoms with E-state index in [-0.39, 0.29) is 5.88 Å². The summed E-state index contributed by atoms with van der Waals surface area (Å²) in [7, 11) is 0. The third kappa shape index (κ3) is 3.58. The van der Waals surface area contributed by atoms with Crippen molar-refractivity contribution in [1.29, 1.82) is 0 Å². The Balaban J connectivity index is 2.18. The maximum Gasteiger partial charge on any atom is 0.214 e. The second kappa shape index (κ2) is 7.84. The topological polar surface area (TPSA) is 129 Å². The van der Waals surface area contributed by atoms with Gasteiger partial charge in [-0.15, -0.1) is 34.8 Å². The molecule has 0 aliphatic carbocycles. The first-order valence-electron chi connectivity index (χ1n) is 6.91. The van der Waals surface area contributed by atoms with Crippen LogP contribution in [0, 0.1) is 0 Å². The summed E-state index contributed by atoms with van der Waals surface area (Å²) < 4.78 is 16.1. The van der Waals surface area contributed by atoms with E-state index < -0.39 is 66.6 Å². The van der Waals surface area contributed by atoms with E-state index in [1.165, 1.54) is 0 Å². The Labute approximate surface area is 147 Å². The molecule has 11 heteroatoms. The van der Waals surface area contributed by atoms with Gasteiger partial charge in [0.2, 0.25) is 5.79 Å². The number of halogens is 3. The van der Waals surface area contributed by atoms with Crippen LogP contribution in [0.2, 0.25) is 0 Å². The van der Waals surface area contributed by atoms with Crippen molar-refractivity contribution in [3.05, 3.63) is 0 Å². The predicted octanol–water partition coefficient (Wildman–Crippen LogP) is -1.66. The molecule has 2 aliphatic heterocycles. The van der Waals surface area contributed by atoms with Crippen LogP contribution in [0.3, 0.4) is 0 Å². The molecule has 2 heterocycles. The van der Waals surface area contributed by atoms with Crippen molar-refractivity contribution in [2.45, 2.75) is 54.1 Å². The van der Waals surface area contributed by atoms with Crippen LogP contribution in [-0.4, -0.2) is 98.0 Å². The summed E-state index contributed by atoms with van der Waals surface area (Å²) in [4.78, 5) is 0. The molecule has 2 rings (SSSR count). The van der Waals surface area contributed by atoms with Gasteiger partial charge in [-0.1, -0.05) is 0 Å². The average Bonchev–Trinajstić information content (AvgIpc) is 2.80. The third-order valence-electron chi connectivity index (χ3n) is 3.96. The second-order valence-corrected chi connectivity index (χ2v) is 6.54. The molecule has 2 fully saturated rings. The molecule has 0 amide bonds. The van der Waals surface area contributed by atoms with Crippen molar-refractivity contribution < 1.29 is 39.7 Å². The zero-order valence-electron chi connectivity index (χ0n) is 11.8. The molecule has 0 spiro atoms. The van der Waals surface area contributed by atoms with Gasteiger partial charge in [-0.3, -0.25) is 0 Å². The highest BCUT2D eigenvalue weighted by Crippen LogP contribution is 2.37. The maximum atomic E-state index is 10.1. The average molecular weight is 398 g/mol. The number of ether oxygens (including phenoxy) is 3. The zero-order valence-corrected chi connectivity index (χ0v) is 14.1. The number of hydrogen-bond acceptors (Lipinski definition) is 8. The summed E-state index contributed by atoms with van der Waals surface area (Å²) in [6.07, 6.45) is -9.39. The Morgan fingerprint density at radius 1 is 1.00 bits per heavy atom. The van der Waals surface area contributed by atoms with Crippen LogP contribution >= 0.6 is 34.8 Å². The van der Waals surface area contributed by atoms with Crippen LogP contribution in [0.5, 0.6) is 0 Å². The molecule has 2 saturated heterocycles. The Hall–Kier alpha value is 0.550. The Morgan fingerprint density at radius 3 is 2.13 bits per heavy atom. The number of hydrogen-bond donors (Lipinski definition) is 5. The van der Waals surface area contributed by atoms with Crippen LogP contribution in [0.4, 0.5) is 0 Å².